The lowest BCUT2D eigenvalue weighted by Crippen LogP contribution is -2.24. The third-order valence-electron chi connectivity index (χ3n) is 4.90. The smallest absolute Gasteiger partial charge is 0.341 e. The average Bonchev–Trinajstić information content (AvgIpc) is 2.72. The highest BCUT2D eigenvalue weighted by molar-refractivity contribution is 5.68. The number of fused-ring (bicyclic) bond motifs is 1. The highest BCUT2D eigenvalue weighted by Gasteiger charge is 2.32. The number of benzene rings is 3. The molecule has 0 saturated heterocycles. The number of phenolic OH excluding ortho intramolecular Hbond substituents is 1. The molecule has 0 bridgehead atoms. The molecule has 1 aliphatic rings. The molecule has 0 radical (unpaired) electrons. The van der Waals surface area contributed by atoms with Crippen LogP contribution in [0.5, 0.6) is 17.2 Å². The van der Waals surface area contributed by atoms with Crippen LogP contribution in [0.4, 0.5) is 0 Å². The van der Waals surface area contributed by atoms with Gasteiger partial charge in [0, 0.05) is 5.92 Å². The molecule has 0 spiro atoms. The predicted octanol–water partition coefficient (Wildman–Crippen LogP) is 4.32. The lowest BCUT2D eigenvalue weighted by Gasteiger charge is -2.34. The zero-order valence-corrected chi connectivity index (χ0v) is 15.1. The molecule has 5 nitrogen and oxygen atoms in total. The van der Waals surface area contributed by atoms with E-state index in [9.17, 15) is 9.90 Å². The van der Waals surface area contributed by atoms with Crippen LogP contribution in [-0.2, 0) is 11.2 Å². The molecule has 0 aliphatic carbocycles. The first-order chi connectivity index (χ1) is 13.6. The maximum atomic E-state index is 10.7. The van der Waals surface area contributed by atoms with Crippen LogP contribution < -0.4 is 9.47 Å². The second-order valence-electron chi connectivity index (χ2n) is 6.80. The van der Waals surface area contributed by atoms with E-state index in [0.29, 0.717) is 5.75 Å². The summed E-state index contributed by atoms with van der Waals surface area (Å²) in [6, 6.07) is 22.7. The van der Waals surface area contributed by atoms with Gasteiger partial charge in [0.2, 0.25) is 0 Å². The van der Waals surface area contributed by atoms with Crippen molar-refractivity contribution in [3.63, 3.8) is 0 Å². The van der Waals surface area contributed by atoms with Gasteiger partial charge in [-0.3, -0.25) is 0 Å². The Labute approximate surface area is 162 Å². The Hall–Kier alpha value is -3.47. The maximum Gasteiger partial charge on any atom is 0.341 e. The topological polar surface area (TPSA) is 76.0 Å². The minimum Gasteiger partial charge on any atom is -0.508 e. The first-order valence-corrected chi connectivity index (χ1v) is 9.08. The Morgan fingerprint density at radius 3 is 2.46 bits per heavy atom. The van der Waals surface area contributed by atoms with Gasteiger partial charge in [-0.15, -0.1) is 0 Å². The summed E-state index contributed by atoms with van der Waals surface area (Å²) in [6.07, 6.45) is 0.545. The minimum atomic E-state index is -1.01. The van der Waals surface area contributed by atoms with Gasteiger partial charge in [-0.25, -0.2) is 4.79 Å². The standard InChI is InChI=1S/C23H20O5/c24-18-8-11-21-17(12-18)13-20(15-4-2-1-3-5-15)23(28-21)16-6-9-19(10-7-16)27-14-22(25)26/h1-12,20,23-24H,13-14H2,(H,25,26). The maximum absolute atomic E-state index is 10.7. The van der Waals surface area contributed by atoms with Gasteiger partial charge < -0.3 is 19.7 Å². The van der Waals surface area contributed by atoms with Gasteiger partial charge in [-0.2, -0.15) is 0 Å². The van der Waals surface area contributed by atoms with Crippen LogP contribution in [0, 0.1) is 0 Å². The fourth-order valence-electron chi connectivity index (χ4n) is 3.60. The van der Waals surface area contributed by atoms with Crippen LogP contribution in [0.1, 0.15) is 28.7 Å². The normalized spacial score (nSPS) is 18.0. The number of rotatable bonds is 5. The monoisotopic (exact) mass is 376 g/mol. The molecule has 4 rings (SSSR count). The molecule has 5 heteroatoms. The van der Waals surface area contributed by atoms with E-state index < -0.39 is 5.97 Å². The van der Waals surface area contributed by atoms with Crippen molar-refractivity contribution in [2.45, 2.75) is 18.4 Å². The number of aromatic hydroxyl groups is 1. The number of phenols is 1. The molecule has 3 aromatic rings. The SMILES string of the molecule is O=C(O)COc1ccc(C2Oc3ccc(O)cc3CC2c2ccccc2)cc1. The molecule has 3 aromatic carbocycles. The van der Waals surface area contributed by atoms with Gasteiger partial charge in [0.15, 0.2) is 6.61 Å². The Morgan fingerprint density at radius 2 is 1.75 bits per heavy atom. The van der Waals surface area contributed by atoms with Crippen molar-refractivity contribution in [3.05, 3.63) is 89.5 Å². The second-order valence-corrected chi connectivity index (χ2v) is 6.80. The quantitative estimate of drug-likeness (QED) is 0.694. The van der Waals surface area contributed by atoms with Crippen molar-refractivity contribution in [2.75, 3.05) is 6.61 Å². The van der Waals surface area contributed by atoms with Crippen LogP contribution in [0.25, 0.3) is 0 Å². The van der Waals surface area contributed by atoms with Crippen LogP contribution in [0.15, 0.2) is 72.8 Å². The zero-order chi connectivity index (χ0) is 19.5. The summed E-state index contributed by atoms with van der Waals surface area (Å²) in [5.74, 6) is 0.572. The van der Waals surface area contributed by atoms with Crippen molar-refractivity contribution in [2.24, 2.45) is 0 Å². The Balaban J connectivity index is 1.66. The second kappa shape index (κ2) is 7.64. The Bertz CT molecular complexity index is 966. The van der Waals surface area contributed by atoms with Gasteiger partial charge in [0.1, 0.15) is 23.4 Å². The summed E-state index contributed by atoms with van der Waals surface area (Å²) in [4.78, 5) is 10.7. The zero-order valence-electron chi connectivity index (χ0n) is 15.1. The van der Waals surface area contributed by atoms with Gasteiger partial charge in [0.05, 0.1) is 0 Å². The Kier molecular flexibility index (Phi) is 4.89. The number of ether oxygens (including phenoxy) is 2. The van der Waals surface area contributed by atoms with Crippen molar-refractivity contribution < 1.29 is 24.5 Å². The largest absolute Gasteiger partial charge is 0.508 e. The van der Waals surface area contributed by atoms with Gasteiger partial charge in [-0.05, 0) is 53.4 Å². The van der Waals surface area contributed by atoms with Crippen molar-refractivity contribution in [1.29, 1.82) is 0 Å². The summed E-state index contributed by atoms with van der Waals surface area (Å²) >= 11 is 0. The summed E-state index contributed by atoms with van der Waals surface area (Å²) in [5.41, 5.74) is 3.12. The summed E-state index contributed by atoms with van der Waals surface area (Å²) in [5, 5.41) is 18.6. The van der Waals surface area contributed by atoms with E-state index >= 15 is 0 Å². The van der Waals surface area contributed by atoms with E-state index in [4.69, 9.17) is 14.6 Å². The highest BCUT2D eigenvalue weighted by atomic mass is 16.5. The minimum absolute atomic E-state index is 0.0845. The van der Waals surface area contributed by atoms with Crippen molar-refractivity contribution in [1.82, 2.24) is 0 Å². The summed E-state index contributed by atoms with van der Waals surface area (Å²) in [6.45, 7) is -0.372. The molecule has 1 heterocycles. The molecule has 142 valence electrons. The van der Waals surface area contributed by atoms with E-state index in [1.54, 1.807) is 30.3 Å². The fourth-order valence-corrected chi connectivity index (χ4v) is 3.60. The lowest BCUT2D eigenvalue weighted by molar-refractivity contribution is -0.139. The van der Waals surface area contributed by atoms with Crippen LogP contribution in [0.2, 0.25) is 0 Å². The van der Waals surface area contributed by atoms with E-state index in [1.165, 1.54) is 0 Å². The van der Waals surface area contributed by atoms with Crippen LogP contribution >= 0.6 is 0 Å². The van der Waals surface area contributed by atoms with Crippen LogP contribution in [-0.4, -0.2) is 22.8 Å². The van der Waals surface area contributed by atoms with E-state index in [-0.39, 0.29) is 24.4 Å². The molecule has 0 amide bonds. The van der Waals surface area contributed by atoms with Gasteiger partial charge in [-0.1, -0.05) is 42.5 Å². The predicted molar refractivity (Wildman–Crippen MR) is 104 cm³/mol. The number of carboxylic acid groups (broad SMARTS) is 1. The molecule has 2 N–H and O–H groups in total. The molecule has 0 saturated carbocycles. The molecule has 2 atom stereocenters. The molecular weight excluding hydrogens is 356 g/mol. The first-order valence-electron chi connectivity index (χ1n) is 9.08. The molecule has 0 fully saturated rings. The third-order valence-corrected chi connectivity index (χ3v) is 4.90. The number of hydrogen-bond donors (Lipinski definition) is 2. The lowest BCUT2D eigenvalue weighted by atomic mass is 9.82. The van der Waals surface area contributed by atoms with E-state index in [2.05, 4.69) is 12.1 Å². The highest BCUT2D eigenvalue weighted by Crippen LogP contribution is 2.44. The molecule has 28 heavy (non-hydrogen) atoms. The third kappa shape index (κ3) is 3.78. The Morgan fingerprint density at radius 1 is 1.00 bits per heavy atom. The summed E-state index contributed by atoms with van der Waals surface area (Å²) in [7, 11) is 0. The molecule has 2 unspecified atom stereocenters. The van der Waals surface area contributed by atoms with Gasteiger partial charge >= 0.3 is 5.97 Å². The average molecular weight is 376 g/mol. The van der Waals surface area contributed by atoms with Gasteiger partial charge in [0.25, 0.3) is 0 Å². The van der Waals surface area contributed by atoms with E-state index in [0.717, 1.165) is 28.9 Å². The fraction of sp³-hybridized carbons (Fsp3) is 0.174. The first kappa shape index (κ1) is 17.9. The molecule has 0 aromatic heterocycles. The number of carboxylic acids is 1. The number of hydrogen-bond acceptors (Lipinski definition) is 4. The van der Waals surface area contributed by atoms with Crippen LogP contribution in [0.3, 0.4) is 0 Å². The number of carbonyl (C=O) groups is 1. The van der Waals surface area contributed by atoms with Crippen molar-refractivity contribution in [3.8, 4) is 17.2 Å². The summed E-state index contributed by atoms with van der Waals surface area (Å²) < 4.78 is 11.6. The van der Waals surface area contributed by atoms with E-state index in [1.807, 2.05) is 30.3 Å². The molecular formula is C23H20O5. The molecule has 1 aliphatic heterocycles. The van der Waals surface area contributed by atoms with Crippen molar-refractivity contribution >= 4 is 5.97 Å². The number of aliphatic carboxylic acids is 1.